The second kappa shape index (κ2) is 11.1. The lowest BCUT2D eigenvalue weighted by atomic mass is 9.96. The molecule has 0 radical (unpaired) electrons. The molecule has 0 bridgehead atoms. The van der Waals surface area contributed by atoms with Crippen LogP contribution >= 0.6 is 11.6 Å². The van der Waals surface area contributed by atoms with Gasteiger partial charge in [-0.1, -0.05) is 49.7 Å². The number of anilines is 1. The fraction of sp³-hybridized carbons (Fsp3) is 0.296. The first kappa shape index (κ1) is 26.6. The molecule has 3 rings (SSSR count). The zero-order valence-electron chi connectivity index (χ0n) is 20.6. The predicted octanol–water partition coefficient (Wildman–Crippen LogP) is 6.28. The quantitative estimate of drug-likeness (QED) is 0.351. The summed E-state index contributed by atoms with van der Waals surface area (Å²) >= 11 is 6.26. The highest BCUT2D eigenvalue weighted by Crippen LogP contribution is 2.28. The monoisotopic (exact) mass is 514 g/mol. The lowest BCUT2D eigenvalue weighted by Gasteiger charge is -2.22. The third-order valence-electron chi connectivity index (χ3n) is 5.65. The Morgan fingerprint density at radius 1 is 1.00 bits per heavy atom. The van der Waals surface area contributed by atoms with Gasteiger partial charge >= 0.3 is 0 Å². The van der Waals surface area contributed by atoms with Crippen molar-refractivity contribution in [1.82, 2.24) is 5.32 Å². The summed E-state index contributed by atoms with van der Waals surface area (Å²) in [4.78, 5) is 13.0. The average molecular weight is 515 g/mol. The van der Waals surface area contributed by atoms with Gasteiger partial charge in [0.2, 0.25) is 0 Å². The third kappa shape index (κ3) is 6.77. The second-order valence-corrected chi connectivity index (χ2v) is 11.1. The Bertz CT molecular complexity index is 1310. The van der Waals surface area contributed by atoms with Crippen molar-refractivity contribution in [1.29, 1.82) is 0 Å². The van der Waals surface area contributed by atoms with Crippen LogP contribution in [0.2, 0.25) is 5.02 Å². The highest BCUT2D eigenvalue weighted by Gasteiger charge is 2.23. The summed E-state index contributed by atoms with van der Waals surface area (Å²) < 4.78 is 34.2. The number of sulfonamides is 1. The first-order valence-corrected chi connectivity index (χ1v) is 13.2. The van der Waals surface area contributed by atoms with Crippen molar-refractivity contribution in [2.45, 2.75) is 45.1 Å². The Kier molecular flexibility index (Phi) is 8.46. The number of hydrogen-bond acceptors (Lipinski definition) is 4. The molecule has 0 unspecified atom stereocenters. The summed E-state index contributed by atoms with van der Waals surface area (Å²) in [5.74, 6) is 0.670. The molecular weight excluding hydrogens is 484 g/mol. The number of hydrogen-bond donors (Lipinski definition) is 2. The average Bonchev–Trinajstić information content (AvgIpc) is 2.80. The second-order valence-electron chi connectivity index (χ2n) is 9.00. The van der Waals surface area contributed by atoms with Crippen LogP contribution in [0.5, 0.6) is 5.75 Å². The summed E-state index contributed by atoms with van der Waals surface area (Å²) in [6, 6.07) is 17.0. The van der Waals surface area contributed by atoms with Crippen molar-refractivity contribution in [3.63, 3.8) is 0 Å². The molecule has 1 atom stereocenters. The van der Waals surface area contributed by atoms with Gasteiger partial charge in [0.25, 0.3) is 15.9 Å². The van der Waals surface area contributed by atoms with E-state index in [4.69, 9.17) is 16.3 Å². The molecule has 186 valence electrons. The van der Waals surface area contributed by atoms with Crippen LogP contribution in [0.4, 0.5) is 5.69 Å². The SMILES string of the molecule is COc1ccc([C@H](CC(C)C)NC(=O)c2ccc(Cl)c(S(=O)(=O)Nc3cc(C)ccc3C)c2)cc1. The van der Waals surface area contributed by atoms with Crippen LogP contribution in [0.15, 0.2) is 65.6 Å². The lowest BCUT2D eigenvalue weighted by Crippen LogP contribution is -2.29. The van der Waals surface area contributed by atoms with E-state index in [1.807, 2.05) is 50.2 Å². The lowest BCUT2D eigenvalue weighted by molar-refractivity contribution is 0.0931. The smallest absolute Gasteiger partial charge is 0.263 e. The summed E-state index contributed by atoms with van der Waals surface area (Å²) in [5, 5.41) is 3.08. The Morgan fingerprint density at radius 3 is 2.31 bits per heavy atom. The number of ether oxygens (including phenoxy) is 1. The molecular formula is C27H31ClN2O4S. The van der Waals surface area contributed by atoms with Crippen LogP contribution < -0.4 is 14.8 Å². The maximum Gasteiger partial charge on any atom is 0.263 e. The molecule has 35 heavy (non-hydrogen) atoms. The number of carbonyl (C=O) groups excluding carboxylic acids is 1. The minimum Gasteiger partial charge on any atom is -0.497 e. The van der Waals surface area contributed by atoms with E-state index in [0.29, 0.717) is 18.0 Å². The van der Waals surface area contributed by atoms with Gasteiger partial charge < -0.3 is 10.1 Å². The first-order chi connectivity index (χ1) is 16.5. The maximum absolute atomic E-state index is 13.2. The van der Waals surface area contributed by atoms with Crippen molar-refractivity contribution >= 4 is 33.2 Å². The topological polar surface area (TPSA) is 84.5 Å². The van der Waals surface area contributed by atoms with Gasteiger partial charge in [-0.2, -0.15) is 0 Å². The molecule has 8 heteroatoms. The normalized spacial score (nSPS) is 12.3. The summed E-state index contributed by atoms with van der Waals surface area (Å²) in [6.07, 6.45) is 0.713. The minimum atomic E-state index is -4.02. The van der Waals surface area contributed by atoms with E-state index in [1.54, 1.807) is 13.2 Å². The molecule has 0 fully saturated rings. The van der Waals surface area contributed by atoms with E-state index in [2.05, 4.69) is 23.9 Å². The Morgan fingerprint density at radius 2 is 1.69 bits per heavy atom. The van der Waals surface area contributed by atoms with E-state index < -0.39 is 10.0 Å². The number of carbonyl (C=O) groups is 1. The number of nitrogens with one attached hydrogen (secondary N) is 2. The van der Waals surface area contributed by atoms with Gasteiger partial charge in [-0.05, 0) is 79.3 Å². The standard InChI is InChI=1S/C27H31ClN2O4S/c1-17(2)14-25(20-8-11-22(34-5)12-9-20)29-27(31)21-10-13-23(28)26(16-21)35(32,33)30-24-15-18(3)6-7-19(24)4/h6-13,15-17,25,30H,14H2,1-5H3,(H,29,31)/t25-/m0/s1. The predicted molar refractivity (Wildman–Crippen MR) is 141 cm³/mol. The van der Waals surface area contributed by atoms with Gasteiger partial charge in [0.05, 0.1) is 23.9 Å². The molecule has 0 heterocycles. The van der Waals surface area contributed by atoms with E-state index >= 15 is 0 Å². The Hall–Kier alpha value is -3.03. The molecule has 2 N–H and O–H groups in total. The van der Waals surface area contributed by atoms with Crippen molar-refractivity contribution in [3.8, 4) is 5.75 Å². The number of rotatable bonds is 9. The summed E-state index contributed by atoms with van der Waals surface area (Å²) in [7, 11) is -2.42. The molecule has 6 nitrogen and oxygen atoms in total. The first-order valence-electron chi connectivity index (χ1n) is 11.3. The van der Waals surface area contributed by atoms with E-state index in [-0.39, 0.29) is 27.4 Å². The highest BCUT2D eigenvalue weighted by molar-refractivity contribution is 7.92. The maximum atomic E-state index is 13.2. The van der Waals surface area contributed by atoms with Crippen molar-refractivity contribution in [2.75, 3.05) is 11.8 Å². The van der Waals surface area contributed by atoms with Gasteiger partial charge in [-0.3, -0.25) is 9.52 Å². The zero-order chi connectivity index (χ0) is 25.8. The summed E-state index contributed by atoms with van der Waals surface area (Å²) in [6.45, 7) is 7.85. The van der Waals surface area contributed by atoms with Gasteiger partial charge in [0.1, 0.15) is 10.6 Å². The van der Waals surface area contributed by atoms with E-state index in [9.17, 15) is 13.2 Å². The molecule has 0 spiro atoms. The molecule has 0 aliphatic rings. The molecule has 3 aromatic rings. The van der Waals surface area contributed by atoms with E-state index in [0.717, 1.165) is 22.4 Å². The van der Waals surface area contributed by atoms with Gasteiger partial charge in [-0.25, -0.2) is 8.42 Å². The molecule has 1 amide bonds. The van der Waals surface area contributed by atoms with Crippen LogP contribution in [0.3, 0.4) is 0 Å². The number of aryl methyl sites for hydroxylation is 2. The number of methoxy groups -OCH3 is 1. The minimum absolute atomic E-state index is 0.0354. The van der Waals surface area contributed by atoms with Crippen molar-refractivity contribution < 1.29 is 17.9 Å². The van der Waals surface area contributed by atoms with Gasteiger partial charge in [-0.15, -0.1) is 0 Å². The van der Waals surface area contributed by atoms with Crippen LogP contribution in [0.1, 0.15) is 53.4 Å². The summed E-state index contributed by atoms with van der Waals surface area (Å²) in [5.41, 5.74) is 3.30. The van der Waals surface area contributed by atoms with Gasteiger partial charge in [0.15, 0.2) is 0 Å². The number of amides is 1. The molecule has 0 aliphatic carbocycles. The van der Waals surface area contributed by atoms with Crippen LogP contribution in [-0.4, -0.2) is 21.4 Å². The van der Waals surface area contributed by atoms with Crippen molar-refractivity contribution in [3.05, 3.63) is 87.9 Å². The zero-order valence-corrected chi connectivity index (χ0v) is 22.1. The fourth-order valence-electron chi connectivity index (χ4n) is 3.72. The van der Waals surface area contributed by atoms with Crippen LogP contribution in [0, 0.1) is 19.8 Å². The Balaban J connectivity index is 1.89. The molecule has 0 saturated carbocycles. The Labute approximate surface area is 212 Å². The molecule has 0 aliphatic heterocycles. The van der Waals surface area contributed by atoms with Crippen LogP contribution in [0.25, 0.3) is 0 Å². The van der Waals surface area contributed by atoms with Crippen LogP contribution in [-0.2, 0) is 10.0 Å². The van der Waals surface area contributed by atoms with Crippen molar-refractivity contribution in [2.24, 2.45) is 5.92 Å². The van der Waals surface area contributed by atoms with Gasteiger partial charge in [0, 0.05) is 5.56 Å². The molecule has 0 saturated heterocycles. The molecule has 3 aromatic carbocycles. The number of halogens is 1. The highest BCUT2D eigenvalue weighted by atomic mass is 35.5. The largest absolute Gasteiger partial charge is 0.497 e. The third-order valence-corrected chi connectivity index (χ3v) is 7.50. The molecule has 0 aromatic heterocycles. The fourth-order valence-corrected chi connectivity index (χ4v) is 5.37. The van der Waals surface area contributed by atoms with E-state index in [1.165, 1.54) is 18.2 Å². The number of benzene rings is 3.